The van der Waals surface area contributed by atoms with Gasteiger partial charge < -0.3 is 5.11 Å². The number of nitrogens with zero attached hydrogens (tertiary/aromatic N) is 1. The van der Waals surface area contributed by atoms with Gasteiger partial charge >= 0.3 is 0 Å². The van der Waals surface area contributed by atoms with Crippen molar-refractivity contribution in [2.75, 3.05) is 0 Å². The summed E-state index contributed by atoms with van der Waals surface area (Å²) in [6.45, 7) is 0. The van der Waals surface area contributed by atoms with Crippen molar-refractivity contribution in [3.05, 3.63) is 28.0 Å². The van der Waals surface area contributed by atoms with Crippen LogP contribution < -0.4 is 0 Å². The first-order valence-corrected chi connectivity index (χ1v) is 5.92. The van der Waals surface area contributed by atoms with Crippen molar-refractivity contribution < 1.29 is 5.11 Å². The highest BCUT2D eigenvalue weighted by Gasteiger charge is 2.31. The van der Waals surface area contributed by atoms with Crippen molar-refractivity contribution >= 4 is 23.2 Å². The molecule has 1 aromatic rings. The molecule has 1 N–H and O–H groups in total. The molecule has 1 heterocycles. The van der Waals surface area contributed by atoms with Crippen molar-refractivity contribution in [3.63, 3.8) is 0 Å². The van der Waals surface area contributed by atoms with Gasteiger partial charge in [0.1, 0.15) is 10.3 Å². The van der Waals surface area contributed by atoms with Crippen molar-refractivity contribution in [3.8, 4) is 0 Å². The van der Waals surface area contributed by atoms with Crippen LogP contribution in [0.25, 0.3) is 0 Å². The first kappa shape index (κ1) is 11.2. The molecule has 1 saturated carbocycles. The van der Waals surface area contributed by atoms with Gasteiger partial charge in [-0.1, -0.05) is 42.5 Å². The fourth-order valence-electron chi connectivity index (χ4n) is 2.16. The Bertz CT molecular complexity index is 341. The van der Waals surface area contributed by atoms with E-state index < -0.39 is 5.60 Å². The Morgan fingerprint density at radius 3 is 2.13 bits per heavy atom. The molecule has 0 atom stereocenters. The summed E-state index contributed by atoms with van der Waals surface area (Å²) in [4.78, 5) is 3.88. The number of hydrogen-bond donors (Lipinski definition) is 1. The molecule has 2 rings (SSSR count). The second-order valence-electron chi connectivity index (χ2n) is 4.09. The lowest BCUT2D eigenvalue weighted by atomic mass is 9.80. The van der Waals surface area contributed by atoms with Gasteiger partial charge in [-0.25, -0.2) is 4.98 Å². The molecule has 0 spiro atoms. The summed E-state index contributed by atoms with van der Waals surface area (Å²) in [6, 6.07) is 3.41. The van der Waals surface area contributed by atoms with E-state index in [9.17, 15) is 5.11 Å². The zero-order valence-corrected chi connectivity index (χ0v) is 9.85. The molecule has 0 amide bonds. The van der Waals surface area contributed by atoms with E-state index in [4.69, 9.17) is 23.2 Å². The molecule has 0 bridgehead atoms. The Labute approximate surface area is 99.2 Å². The molecule has 15 heavy (non-hydrogen) atoms. The molecule has 1 aromatic heterocycles. The predicted octanol–water partition coefficient (Wildman–Crippen LogP) is 3.54. The Kier molecular flexibility index (Phi) is 3.19. The Hall–Kier alpha value is -0.310. The zero-order chi connectivity index (χ0) is 10.9. The second-order valence-corrected chi connectivity index (χ2v) is 4.87. The molecule has 0 radical (unpaired) electrons. The summed E-state index contributed by atoms with van der Waals surface area (Å²) in [7, 11) is 0. The van der Waals surface area contributed by atoms with E-state index in [1.54, 1.807) is 12.1 Å². The minimum atomic E-state index is -0.755. The molecule has 1 aliphatic carbocycles. The third-order valence-electron chi connectivity index (χ3n) is 2.98. The number of pyridine rings is 1. The monoisotopic (exact) mass is 245 g/mol. The van der Waals surface area contributed by atoms with Gasteiger partial charge in [-0.3, -0.25) is 0 Å². The van der Waals surface area contributed by atoms with Crippen LogP contribution in [-0.4, -0.2) is 10.1 Å². The van der Waals surface area contributed by atoms with Gasteiger partial charge in [0.25, 0.3) is 0 Å². The van der Waals surface area contributed by atoms with E-state index in [1.807, 2.05) is 0 Å². The van der Waals surface area contributed by atoms with Crippen LogP contribution in [0.2, 0.25) is 10.3 Å². The standard InChI is InChI=1S/C11H13Cl2NO/c12-9-6-8(7-10(13)14-9)11(15)4-2-1-3-5-11/h6-7,15H,1-5H2. The Morgan fingerprint density at radius 1 is 1.07 bits per heavy atom. The number of rotatable bonds is 1. The predicted molar refractivity (Wildman–Crippen MR) is 61.2 cm³/mol. The minimum Gasteiger partial charge on any atom is -0.385 e. The second kappa shape index (κ2) is 4.28. The number of aliphatic hydroxyl groups is 1. The maximum Gasteiger partial charge on any atom is 0.131 e. The van der Waals surface area contributed by atoms with E-state index in [-0.39, 0.29) is 0 Å². The molecule has 0 saturated heterocycles. The average Bonchev–Trinajstić information content (AvgIpc) is 2.17. The number of halogens is 2. The lowest BCUT2D eigenvalue weighted by Gasteiger charge is -2.32. The number of hydrogen-bond acceptors (Lipinski definition) is 2. The highest BCUT2D eigenvalue weighted by Crippen LogP contribution is 2.38. The first-order chi connectivity index (χ1) is 7.10. The highest BCUT2D eigenvalue weighted by molar-refractivity contribution is 6.32. The number of aromatic nitrogens is 1. The first-order valence-electron chi connectivity index (χ1n) is 5.16. The zero-order valence-electron chi connectivity index (χ0n) is 8.34. The van der Waals surface area contributed by atoms with Crippen molar-refractivity contribution in [2.24, 2.45) is 0 Å². The molecule has 0 unspecified atom stereocenters. The van der Waals surface area contributed by atoms with Crippen LogP contribution in [0, 0.1) is 0 Å². The average molecular weight is 246 g/mol. The molecule has 0 aromatic carbocycles. The largest absolute Gasteiger partial charge is 0.385 e. The van der Waals surface area contributed by atoms with Crippen LogP contribution in [0.1, 0.15) is 37.7 Å². The van der Waals surface area contributed by atoms with Gasteiger partial charge in [0, 0.05) is 0 Å². The van der Waals surface area contributed by atoms with Crippen molar-refractivity contribution in [1.29, 1.82) is 0 Å². The van der Waals surface area contributed by atoms with Crippen LogP contribution in [0.3, 0.4) is 0 Å². The third kappa shape index (κ3) is 2.44. The van der Waals surface area contributed by atoms with Gasteiger partial charge in [-0.05, 0) is 30.5 Å². The van der Waals surface area contributed by atoms with Gasteiger partial charge in [-0.2, -0.15) is 0 Å². The van der Waals surface area contributed by atoms with Crippen LogP contribution >= 0.6 is 23.2 Å². The van der Waals surface area contributed by atoms with Crippen LogP contribution in [0.4, 0.5) is 0 Å². The minimum absolute atomic E-state index is 0.344. The van der Waals surface area contributed by atoms with Crippen molar-refractivity contribution in [2.45, 2.75) is 37.7 Å². The smallest absolute Gasteiger partial charge is 0.131 e. The Balaban J connectivity index is 2.34. The van der Waals surface area contributed by atoms with Crippen LogP contribution in [-0.2, 0) is 5.60 Å². The fraction of sp³-hybridized carbons (Fsp3) is 0.545. The maximum atomic E-state index is 10.4. The van der Waals surface area contributed by atoms with E-state index >= 15 is 0 Å². The van der Waals surface area contributed by atoms with E-state index in [2.05, 4.69) is 4.98 Å². The van der Waals surface area contributed by atoms with Gasteiger partial charge in [-0.15, -0.1) is 0 Å². The van der Waals surface area contributed by atoms with Crippen LogP contribution in [0.5, 0.6) is 0 Å². The molecule has 82 valence electrons. The normalized spacial score (nSPS) is 20.2. The van der Waals surface area contributed by atoms with Gasteiger partial charge in [0.2, 0.25) is 0 Å². The topological polar surface area (TPSA) is 33.1 Å². The fourth-order valence-corrected chi connectivity index (χ4v) is 2.62. The molecule has 1 fully saturated rings. The summed E-state index contributed by atoms with van der Waals surface area (Å²) in [6.07, 6.45) is 4.85. The molecular formula is C11H13Cl2NO. The lowest BCUT2D eigenvalue weighted by Crippen LogP contribution is -2.28. The Morgan fingerprint density at radius 2 is 1.60 bits per heavy atom. The van der Waals surface area contributed by atoms with E-state index in [0.29, 0.717) is 10.3 Å². The molecule has 2 nitrogen and oxygen atoms in total. The SMILES string of the molecule is OC1(c2cc(Cl)nc(Cl)c2)CCCCC1. The summed E-state index contributed by atoms with van der Waals surface area (Å²) in [5.41, 5.74) is 0.0428. The summed E-state index contributed by atoms with van der Waals surface area (Å²) >= 11 is 11.6. The maximum absolute atomic E-state index is 10.4. The van der Waals surface area contributed by atoms with E-state index in [0.717, 1.165) is 31.2 Å². The van der Waals surface area contributed by atoms with E-state index in [1.165, 1.54) is 6.42 Å². The van der Waals surface area contributed by atoms with Crippen molar-refractivity contribution in [1.82, 2.24) is 4.98 Å². The summed E-state index contributed by atoms with van der Waals surface area (Å²) < 4.78 is 0. The lowest BCUT2D eigenvalue weighted by molar-refractivity contribution is -0.000687. The van der Waals surface area contributed by atoms with Gasteiger partial charge in [0.15, 0.2) is 0 Å². The molecule has 4 heteroatoms. The highest BCUT2D eigenvalue weighted by atomic mass is 35.5. The molecule has 0 aliphatic heterocycles. The summed E-state index contributed by atoms with van der Waals surface area (Å²) in [5.74, 6) is 0. The molecular weight excluding hydrogens is 233 g/mol. The summed E-state index contributed by atoms with van der Waals surface area (Å²) in [5, 5.41) is 11.1. The third-order valence-corrected chi connectivity index (χ3v) is 3.37. The molecule has 1 aliphatic rings. The van der Waals surface area contributed by atoms with Gasteiger partial charge in [0.05, 0.1) is 5.60 Å². The van der Waals surface area contributed by atoms with Crippen LogP contribution in [0.15, 0.2) is 12.1 Å². The quantitative estimate of drug-likeness (QED) is 0.769.